The Kier molecular flexibility index (Phi) is 2.78. The second-order valence-electron chi connectivity index (χ2n) is 4.68. The van der Waals surface area contributed by atoms with Crippen LogP contribution in [-0.4, -0.2) is 39.1 Å². The molecule has 0 bridgehead atoms. The molecule has 0 atom stereocenters. The van der Waals surface area contributed by atoms with E-state index in [0.717, 1.165) is 25.9 Å². The topological polar surface area (TPSA) is 125 Å². The van der Waals surface area contributed by atoms with E-state index in [1.165, 1.54) is 6.07 Å². The zero-order valence-electron chi connectivity index (χ0n) is 10.6. The maximum absolute atomic E-state index is 12.0. The van der Waals surface area contributed by atoms with Crippen molar-refractivity contribution in [2.24, 2.45) is 0 Å². The number of nitrogens with two attached hydrogens (primary N) is 1. The minimum absolute atomic E-state index is 0.125. The van der Waals surface area contributed by atoms with Gasteiger partial charge in [-0.3, -0.25) is 9.78 Å². The molecule has 0 aromatic carbocycles. The van der Waals surface area contributed by atoms with Gasteiger partial charge in [-0.05, 0) is 18.9 Å². The molecule has 3 rings (SSSR count). The summed E-state index contributed by atoms with van der Waals surface area (Å²) in [5.41, 5.74) is 5.14. The van der Waals surface area contributed by atoms with Crippen molar-refractivity contribution in [3.8, 4) is 0 Å². The van der Waals surface area contributed by atoms with Crippen molar-refractivity contribution < 1.29 is 9.90 Å². The summed E-state index contributed by atoms with van der Waals surface area (Å²) in [7, 11) is 0. The van der Waals surface area contributed by atoms with E-state index in [-0.39, 0.29) is 22.4 Å². The summed E-state index contributed by atoms with van der Waals surface area (Å²) in [6, 6.07) is 1.21. The molecule has 1 aliphatic rings. The van der Waals surface area contributed by atoms with Crippen molar-refractivity contribution in [3.05, 3.63) is 22.0 Å². The number of hydrogen-bond acceptors (Lipinski definition) is 6. The van der Waals surface area contributed by atoms with E-state index >= 15 is 0 Å². The highest BCUT2D eigenvalue weighted by atomic mass is 16.4. The molecule has 1 aliphatic heterocycles. The van der Waals surface area contributed by atoms with Crippen LogP contribution in [-0.2, 0) is 0 Å². The number of hydrogen-bond donors (Lipinski definition) is 3. The molecule has 0 spiro atoms. The SMILES string of the molecule is Nc1nc2nc(N3CCCC3)[nH]c(=O)c2cc1C(=O)O. The molecule has 104 valence electrons. The largest absolute Gasteiger partial charge is 0.478 e. The lowest BCUT2D eigenvalue weighted by Gasteiger charge is -2.15. The fourth-order valence-corrected chi connectivity index (χ4v) is 2.32. The highest BCUT2D eigenvalue weighted by Crippen LogP contribution is 2.18. The Morgan fingerprint density at radius 3 is 2.70 bits per heavy atom. The first kappa shape index (κ1) is 12.4. The van der Waals surface area contributed by atoms with Gasteiger partial charge in [0.25, 0.3) is 5.56 Å². The fourth-order valence-electron chi connectivity index (χ4n) is 2.32. The minimum atomic E-state index is -1.22. The van der Waals surface area contributed by atoms with E-state index in [0.29, 0.717) is 5.95 Å². The summed E-state index contributed by atoms with van der Waals surface area (Å²) >= 11 is 0. The van der Waals surface area contributed by atoms with Crippen molar-refractivity contribution in [3.63, 3.8) is 0 Å². The van der Waals surface area contributed by atoms with Gasteiger partial charge in [0.15, 0.2) is 5.65 Å². The van der Waals surface area contributed by atoms with Crippen molar-refractivity contribution in [1.29, 1.82) is 0 Å². The van der Waals surface area contributed by atoms with Crippen LogP contribution in [0.3, 0.4) is 0 Å². The highest BCUT2D eigenvalue weighted by molar-refractivity contribution is 5.96. The number of H-pyrrole nitrogens is 1. The number of nitrogens with zero attached hydrogens (tertiary/aromatic N) is 3. The number of pyridine rings is 1. The van der Waals surface area contributed by atoms with Gasteiger partial charge >= 0.3 is 5.97 Å². The predicted octanol–water partition coefficient (Wildman–Crippen LogP) is 0.199. The van der Waals surface area contributed by atoms with Crippen LogP contribution in [0.1, 0.15) is 23.2 Å². The van der Waals surface area contributed by atoms with E-state index in [9.17, 15) is 9.59 Å². The smallest absolute Gasteiger partial charge is 0.339 e. The number of nitrogens with one attached hydrogen (secondary N) is 1. The maximum Gasteiger partial charge on any atom is 0.339 e. The van der Waals surface area contributed by atoms with Gasteiger partial charge in [0.1, 0.15) is 11.4 Å². The summed E-state index contributed by atoms with van der Waals surface area (Å²) in [4.78, 5) is 35.9. The quantitative estimate of drug-likeness (QED) is 0.714. The van der Waals surface area contributed by atoms with Crippen LogP contribution in [0.15, 0.2) is 10.9 Å². The predicted molar refractivity (Wildman–Crippen MR) is 73.0 cm³/mol. The average molecular weight is 275 g/mol. The Balaban J connectivity index is 2.19. The molecule has 0 amide bonds. The molecule has 8 heteroatoms. The average Bonchev–Trinajstić information content (AvgIpc) is 2.91. The number of fused-ring (bicyclic) bond motifs is 1. The van der Waals surface area contributed by atoms with Gasteiger partial charge in [-0.25, -0.2) is 9.78 Å². The summed E-state index contributed by atoms with van der Waals surface area (Å²) in [6.45, 7) is 1.66. The lowest BCUT2D eigenvalue weighted by Crippen LogP contribution is -2.24. The molecule has 8 nitrogen and oxygen atoms in total. The molecule has 1 saturated heterocycles. The molecule has 4 N–H and O–H groups in total. The molecule has 0 unspecified atom stereocenters. The van der Waals surface area contributed by atoms with Gasteiger partial charge in [0.05, 0.1) is 5.39 Å². The van der Waals surface area contributed by atoms with Crippen LogP contribution in [0.5, 0.6) is 0 Å². The zero-order chi connectivity index (χ0) is 14.3. The van der Waals surface area contributed by atoms with E-state index in [4.69, 9.17) is 10.8 Å². The first-order valence-corrected chi connectivity index (χ1v) is 6.25. The molecule has 0 radical (unpaired) electrons. The number of aromatic nitrogens is 3. The Morgan fingerprint density at radius 1 is 1.35 bits per heavy atom. The molecule has 2 aromatic heterocycles. The number of carbonyl (C=O) groups is 1. The van der Waals surface area contributed by atoms with Crippen molar-refractivity contribution in [2.45, 2.75) is 12.8 Å². The van der Waals surface area contributed by atoms with Crippen LogP contribution >= 0.6 is 0 Å². The summed E-state index contributed by atoms with van der Waals surface area (Å²) in [5, 5.41) is 9.11. The summed E-state index contributed by atoms with van der Waals surface area (Å²) in [6.07, 6.45) is 2.10. The van der Waals surface area contributed by atoms with E-state index in [2.05, 4.69) is 15.0 Å². The number of aromatic amines is 1. The number of rotatable bonds is 2. The van der Waals surface area contributed by atoms with E-state index in [1.807, 2.05) is 4.90 Å². The van der Waals surface area contributed by atoms with Gasteiger partial charge in [-0.2, -0.15) is 4.98 Å². The lowest BCUT2D eigenvalue weighted by atomic mass is 10.2. The standard InChI is InChI=1S/C12H13N5O3/c13-8-6(11(19)20)5-7-9(14-8)15-12(16-10(7)18)17-3-1-2-4-17/h5H,1-4H2,(H,19,20)(H3,13,14,15,16,18). The first-order valence-electron chi connectivity index (χ1n) is 6.25. The van der Waals surface area contributed by atoms with Crippen molar-refractivity contribution in [2.75, 3.05) is 23.7 Å². The molecule has 0 aliphatic carbocycles. The molecule has 0 saturated carbocycles. The van der Waals surface area contributed by atoms with Gasteiger partial charge in [0, 0.05) is 13.1 Å². The lowest BCUT2D eigenvalue weighted by molar-refractivity contribution is 0.0698. The van der Waals surface area contributed by atoms with Crippen LogP contribution in [0.25, 0.3) is 11.0 Å². The fraction of sp³-hybridized carbons (Fsp3) is 0.333. The van der Waals surface area contributed by atoms with Crippen molar-refractivity contribution in [1.82, 2.24) is 15.0 Å². The van der Waals surface area contributed by atoms with Gasteiger partial charge < -0.3 is 15.7 Å². The molecular weight excluding hydrogens is 262 g/mol. The van der Waals surface area contributed by atoms with Gasteiger partial charge in [0.2, 0.25) is 5.95 Å². The highest BCUT2D eigenvalue weighted by Gasteiger charge is 2.18. The van der Waals surface area contributed by atoms with E-state index in [1.54, 1.807) is 0 Å². The third-order valence-corrected chi connectivity index (χ3v) is 3.35. The molecule has 20 heavy (non-hydrogen) atoms. The number of carboxylic acids is 1. The van der Waals surface area contributed by atoms with Crippen LogP contribution in [0.2, 0.25) is 0 Å². The van der Waals surface area contributed by atoms with Gasteiger partial charge in [-0.1, -0.05) is 0 Å². The van der Waals surface area contributed by atoms with E-state index < -0.39 is 11.5 Å². The second-order valence-corrected chi connectivity index (χ2v) is 4.68. The number of anilines is 2. The molecule has 2 aromatic rings. The first-order chi connectivity index (χ1) is 9.56. The monoisotopic (exact) mass is 275 g/mol. The summed E-state index contributed by atoms with van der Waals surface area (Å²) < 4.78 is 0. The maximum atomic E-state index is 12.0. The molecular formula is C12H13N5O3. The number of aromatic carboxylic acids is 1. The third kappa shape index (κ3) is 1.94. The Labute approximate surface area is 113 Å². The minimum Gasteiger partial charge on any atom is -0.478 e. The second kappa shape index (κ2) is 4.48. The Morgan fingerprint density at radius 2 is 2.05 bits per heavy atom. The number of nitrogen functional groups attached to an aromatic ring is 1. The van der Waals surface area contributed by atoms with Gasteiger partial charge in [-0.15, -0.1) is 0 Å². The van der Waals surface area contributed by atoms with Crippen LogP contribution < -0.4 is 16.2 Å². The third-order valence-electron chi connectivity index (χ3n) is 3.35. The Hall–Kier alpha value is -2.64. The van der Waals surface area contributed by atoms with Crippen LogP contribution in [0, 0.1) is 0 Å². The molecule has 1 fully saturated rings. The summed E-state index contributed by atoms with van der Waals surface area (Å²) in [5.74, 6) is -0.912. The molecule has 3 heterocycles. The van der Waals surface area contributed by atoms with Crippen molar-refractivity contribution >= 4 is 28.8 Å². The normalized spacial score (nSPS) is 14.9. The Bertz CT molecular complexity index is 749. The number of carboxylic acid groups (broad SMARTS) is 1. The zero-order valence-corrected chi connectivity index (χ0v) is 10.6. The van der Waals surface area contributed by atoms with Crippen LogP contribution in [0.4, 0.5) is 11.8 Å².